The first-order chi connectivity index (χ1) is 8.99. The molecule has 0 saturated carbocycles. The zero-order valence-electron chi connectivity index (χ0n) is 11.1. The Morgan fingerprint density at radius 1 is 1.42 bits per heavy atom. The second kappa shape index (κ2) is 5.72. The molecule has 0 aliphatic heterocycles. The number of hydrogen-bond acceptors (Lipinski definition) is 3. The average molecular weight is 283 g/mol. The van der Waals surface area contributed by atoms with E-state index in [9.17, 15) is 4.39 Å². The molecule has 1 unspecified atom stereocenters. The molecule has 0 amide bonds. The SMILES string of the molecule is Cc1noc(C)c1C(C)NCc1ccc(F)cc1Cl. The van der Waals surface area contributed by atoms with Crippen LogP contribution in [-0.4, -0.2) is 5.16 Å². The second-order valence-corrected chi connectivity index (χ2v) is 4.98. The Balaban J connectivity index is 2.06. The van der Waals surface area contributed by atoms with Gasteiger partial charge in [0.05, 0.1) is 5.69 Å². The molecule has 19 heavy (non-hydrogen) atoms. The summed E-state index contributed by atoms with van der Waals surface area (Å²) in [5, 5.41) is 7.70. The first kappa shape index (κ1) is 14.0. The normalized spacial score (nSPS) is 12.7. The molecule has 0 bridgehead atoms. The van der Waals surface area contributed by atoms with Crippen LogP contribution in [0.25, 0.3) is 0 Å². The first-order valence-electron chi connectivity index (χ1n) is 6.09. The molecule has 2 rings (SSSR count). The molecular weight excluding hydrogens is 267 g/mol. The summed E-state index contributed by atoms with van der Waals surface area (Å²) in [6.07, 6.45) is 0. The monoisotopic (exact) mass is 282 g/mol. The number of rotatable bonds is 4. The van der Waals surface area contributed by atoms with Crippen LogP contribution in [0.2, 0.25) is 5.02 Å². The largest absolute Gasteiger partial charge is 0.361 e. The summed E-state index contributed by atoms with van der Waals surface area (Å²) < 4.78 is 18.1. The number of aryl methyl sites for hydroxylation is 2. The molecule has 0 fully saturated rings. The Morgan fingerprint density at radius 3 is 2.74 bits per heavy atom. The Hall–Kier alpha value is -1.39. The van der Waals surface area contributed by atoms with Crippen molar-refractivity contribution >= 4 is 11.6 Å². The van der Waals surface area contributed by atoms with Crippen LogP contribution in [0, 0.1) is 19.7 Å². The van der Waals surface area contributed by atoms with Crippen molar-refractivity contribution in [1.82, 2.24) is 10.5 Å². The lowest BCUT2D eigenvalue weighted by Gasteiger charge is -2.14. The summed E-state index contributed by atoms with van der Waals surface area (Å²) >= 11 is 5.99. The van der Waals surface area contributed by atoms with E-state index in [0.717, 1.165) is 22.6 Å². The lowest BCUT2D eigenvalue weighted by molar-refractivity contribution is 0.390. The van der Waals surface area contributed by atoms with E-state index >= 15 is 0 Å². The van der Waals surface area contributed by atoms with Gasteiger partial charge in [-0.2, -0.15) is 0 Å². The number of aromatic nitrogens is 1. The molecular formula is C14H16ClFN2O. The van der Waals surface area contributed by atoms with Gasteiger partial charge in [-0.1, -0.05) is 22.8 Å². The van der Waals surface area contributed by atoms with Gasteiger partial charge in [-0.15, -0.1) is 0 Å². The molecule has 1 atom stereocenters. The highest BCUT2D eigenvalue weighted by atomic mass is 35.5. The van der Waals surface area contributed by atoms with Crippen LogP contribution in [0.4, 0.5) is 4.39 Å². The van der Waals surface area contributed by atoms with Gasteiger partial charge in [0, 0.05) is 23.2 Å². The van der Waals surface area contributed by atoms with Crippen LogP contribution in [0.5, 0.6) is 0 Å². The quantitative estimate of drug-likeness (QED) is 0.923. The predicted octanol–water partition coefficient (Wildman–Crippen LogP) is 3.93. The number of halogens is 2. The highest BCUT2D eigenvalue weighted by molar-refractivity contribution is 6.31. The molecule has 0 saturated heterocycles. The van der Waals surface area contributed by atoms with E-state index in [1.807, 2.05) is 20.8 Å². The lowest BCUT2D eigenvalue weighted by Crippen LogP contribution is -2.19. The Morgan fingerprint density at radius 2 is 2.16 bits per heavy atom. The summed E-state index contributed by atoms with van der Waals surface area (Å²) in [5.41, 5.74) is 2.79. The van der Waals surface area contributed by atoms with Crippen LogP contribution >= 0.6 is 11.6 Å². The van der Waals surface area contributed by atoms with E-state index in [1.165, 1.54) is 12.1 Å². The summed E-state index contributed by atoms with van der Waals surface area (Å²) in [7, 11) is 0. The fourth-order valence-corrected chi connectivity index (χ4v) is 2.37. The van der Waals surface area contributed by atoms with Crippen molar-refractivity contribution in [3.05, 3.63) is 51.6 Å². The maximum Gasteiger partial charge on any atom is 0.138 e. The molecule has 102 valence electrons. The number of benzene rings is 1. The summed E-state index contributed by atoms with van der Waals surface area (Å²) in [6.45, 7) is 6.39. The molecule has 2 aromatic rings. The van der Waals surface area contributed by atoms with Crippen LogP contribution in [0.1, 0.15) is 35.5 Å². The molecule has 0 aliphatic carbocycles. The highest BCUT2D eigenvalue weighted by Crippen LogP contribution is 2.22. The Kier molecular flexibility index (Phi) is 4.22. The standard InChI is InChI=1S/C14H16ClFN2O/c1-8(14-9(2)18-19-10(14)3)17-7-11-4-5-12(16)6-13(11)15/h4-6,8,17H,7H2,1-3H3. The Bertz CT molecular complexity index is 563. The van der Waals surface area contributed by atoms with E-state index in [4.69, 9.17) is 16.1 Å². The smallest absolute Gasteiger partial charge is 0.138 e. The fraction of sp³-hybridized carbons (Fsp3) is 0.357. The third-order valence-corrected chi connectivity index (χ3v) is 3.49. The molecule has 0 aliphatic rings. The second-order valence-electron chi connectivity index (χ2n) is 4.58. The number of nitrogens with zero attached hydrogens (tertiary/aromatic N) is 1. The minimum absolute atomic E-state index is 0.0902. The Labute approximate surface area is 116 Å². The molecule has 0 spiro atoms. The molecule has 5 heteroatoms. The van der Waals surface area contributed by atoms with Crippen molar-refractivity contribution < 1.29 is 8.91 Å². The van der Waals surface area contributed by atoms with Crippen molar-refractivity contribution in [3.8, 4) is 0 Å². The van der Waals surface area contributed by atoms with Crippen LogP contribution in [0.15, 0.2) is 22.7 Å². The van der Waals surface area contributed by atoms with Gasteiger partial charge in [0.1, 0.15) is 11.6 Å². The van der Waals surface area contributed by atoms with Gasteiger partial charge in [-0.25, -0.2) is 4.39 Å². The molecule has 1 N–H and O–H groups in total. The minimum atomic E-state index is -0.326. The van der Waals surface area contributed by atoms with E-state index in [1.54, 1.807) is 6.07 Å². The van der Waals surface area contributed by atoms with E-state index in [2.05, 4.69) is 10.5 Å². The van der Waals surface area contributed by atoms with Crippen LogP contribution in [-0.2, 0) is 6.54 Å². The number of hydrogen-bond donors (Lipinski definition) is 1. The van der Waals surface area contributed by atoms with Gasteiger partial charge < -0.3 is 9.84 Å². The van der Waals surface area contributed by atoms with Gasteiger partial charge in [-0.3, -0.25) is 0 Å². The molecule has 1 aromatic heterocycles. The first-order valence-corrected chi connectivity index (χ1v) is 6.47. The zero-order chi connectivity index (χ0) is 14.0. The van der Waals surface area contributed by atoms with E-state index in [0.29, 0.717) is 11.6 Å². The summed E-state index contributed by atoms with van der Waals surface area (Å²) in [6, 6.07) is 4.50. The van der Waals surface area contributed by atoms with E-state index in [-0.39, 0.29) is 11.9 Å². The van der Waals surface area contributed by atoms with Crippen LogP contribution < -0.4 is 5.32 Å². The van der Waals surface area contributed by atoms with Crippen molar-refractivity contribution in [1.29, 1.82) is 0 Å². The highest BCUT2D eigenvalue weighted by Gasteiger charge is 2.16. The molecule has 1 aromatic carbocycles. The van der Waals surface area contributed by atoms with Crippen molar-refractivity contribution in [2.24, 2.45) is 0 Å². The molecule has 3 nitrogen and oxygen atoms in total. The summed E-state index contributed by atoms with van der Waals surface area (Å²) in [5.74, 6) is 0.482. The van der Waals surface area contributed by atoms with Crippen molar-refractivity contribution in [3.63, 3.8) is 0 Å². The van der Waals surface area contributed by atoms with Gasteiger partial charge in [0.2, 0.25) is 0 Å². The maximum atomic E-state index is 12.9. The fourth-order valence-electron chi connectivity index (χ4n) is 2.14. The minimum Gasteiger partial charge on any atom is -0.361 e. The van der Waals surface area contributed by atoms with E-state index < -0.39 is 0 Å². The topological polar surface area (TPSA) is 38.1 Å². The van der Waals surface area contributed by atoms with Gasteiger partial charge in [-0.05, 0) is 38.5 Å². The summed E-state index contributed by atoms with van der Waals surface area (Å²) in [4.78, 5) is 0. The predicted molar refractivity (Wildman–Crippen MR) is 72.6 cm³/mol. The van der Waals surface area contributed by atoms with Crippen molar-refractivity contribution in [2.75, 3.05) is 0 Å². The van der Waals surface area contributed by atoms with Gasteiger partial charge >= 0.3 is 0 Å². The average Bonchev–Trinajstić information content (AvgIpc) is 2.68. The molecule has 1 heterocycles. The number of nitrogens with one attached hydrogen (secondary N) is 1. The van der Waals surface area contributed by atoms with Crippen molar-refractivity contribution in [2.45, 2.75) is 33.4 Å². The van der Waals surface area contributed by atoms with Crippen LogP contribution in [0.3, 0.4) is 0 Å². The zero-order valence-corrected chi connectivity index (χ0v) is 11.9. The lowest BCUT2D eigenvalue weighted by atomic mass is 10.1. The third kappa shape index (κ3) is 3.14. The van der Waals surface area contributed by atoms with Gasteiger partial charge in [0.25, 0.3) is 0 Å². The third-order valence-electron chi connectivity index (χ3n) is 3.14. The maximum absolute atomic E-state index is 12.9. The molecule has 0 radical (unpaired) electrons. The van der Waals surface area contributed by atoms with Gasteiger partial charge in [0.15, 0.2) is 0 Å².